The largest absolute Gasteiger partial charge is 0.416 e. The van der Waals surface area contributed by atoms with E-state index >= 15 is 0 Å². The van der Waals surface area contributed by atoms with Gasteiger partial charge in [0.25, 0.3) is 5.69 Å². The number of hydrogen-bond acceptors (Lipinski definition) is 5. The van der Waals surface area contributed by atoms with Gasteiger partial charge in [-0.1, -0.05) is 0 Å². The van der Waals surface area contributed by atoms with Crippen LogP contribution in [-0.2, 0) is 15.7 Å². The zero-order chi connectivity index (χ0) is 20.9. The lowest BCUT2D eigenvalue weighted by molar-refractivity contribution is -0.384. The molecule has 1 aliphatic rings. The van der Waals surface area contributed by atoms with Crippen LogP contribution in [-0.4, -0.2) is 43.7 Å². The third-order valence-electron chi connectivity index (χ3n) is 4.85. The molecule has 0 aromatic heterocycles. The normalized spacial score (nSPS) is 16.7. The van der Waals surface area contributed by atoms with Crippen LogP contribution in [0, 0.1) is 16.0 Å². The van der Waals surface area contributed by atoms with Gasteiger partial charge in [-0.3, -0.25) is 14.9 Å². The van der Waals surface area contributed by atoms with Gasteiger partial charge >= 0.3 is 6.18 Å². The molecule has 1 fully saturated rings. The number of hydrogen-bond donors (Lipinski definition) is 1. The fraction of sp³-hybridized carbons (Fsp3) is 0.611. The maximum atomic E-state index is 12.8. The minimum absolute atomic E-state index is 0.0264. The Labute approximate surface area is 161 Å². The molecule has 1 aliphatic heterocycles. The molecule has 1 amide bonds. The van der Waals surface area contributed by atoms with Gasteiger partial charge in [0.15, 0.2) is 0 Å². The van der Waals surface area contributed by atoms with Gasteiger partial charge in [-0.15, -0.1) is 0 Å². The van der Waals surface area contributed by atoms with Gasteiger partial charge in [0.05, 0.1) is 10.5 Å². The molecule has 1 saturated heterocycles. The standard InChI is InChI=1S/C18H24F3N3O4/c1-12(7-10-28-2)22-17(25)13-5-8-23(9-6-13)15-4-3-14(18(19,20)21)11-16(15)24(26)27/h3-4,11-13H,5-10H2,1-2H3,(H,22,25)/t12-/m0/s1. The lowest BCUT2D eigenvalue weighted by Gasteiger charge is -2.33. The van der Waals surface area contributed by atoms with Crippen molar-refractivity contribution in [3.63, 3.8) is 0 Å². The highest BCUT2D eigenvalue weighted by molar-refractivity contribution is 5.79. The Kier molecular flexibility index (Phi) is 7.22. The van der Waals surface area contributed by atoms with Crippen molar-refractivity contribution in [3.05, 3.63) is 33.9 Å². The minimum atomic E-state index is -4.64. The summed E-state index contributed by atoms with van der Waals surface area (Å²) in [6.45, 7) is 3.14. The fourth-order valence-electron chi connectivity index (χ4n) is 3.22. The van der Waals surface area contributed by atoms with Crippen molar-refractivity contribution >= 4 is 17.3 Å². The first-order chi connectivity index (χ1) is 13.1. The average Bonchev–Trinajstić information content (AvgIpc) is 2.65. The van der Waals surface area contributed by atoms with Gasteiger partial charge in [-0.05, 0) is 38.3 Å². The highest BCUT2D eigenvalue weighted by Gasteiger charge is 2.35. The van der Waals surface area contributed by atoms with Gasteiger partial charge in [-0.2, -0.15) is 13.2 Å². The van der Waals surface area contributed by atoms with Crippen LogP contribution in [0.4, 0.5) is 24.5 Å². The number of nitro groups is 1. The predicted molar refractivity (Wildman–Crippen MR) is 97.1 cm³/mol. The smallest absolute Gasteiger partial charge is 0.385 e. The summed E-state index contributed by atoms with van der Waals surface area (Å²) in [6.07, 6.45) is -3.01. The van der Waals surface area contributed by atoms with E-state index in [4.69, 9.17) is 4.74 Å². The van der Waals surface area contributed by atoms with Gasteiger partial charge in [0.2, 0.25) is 5.91 Å². The van der Waals surface area contributed by atoms with Crippen LogP contribution in [0.25, 0.3) is 0 Å². The van der Waals surface area contributed by atoms with Crippen LogP contribution >= 0.6 is 0 Å². The van der Waals surface area contributed by atoms with Crippen molar-refractivity contribution in [3.8, 4) is 0 Å². The van der Waals surface area contributed by atoms with Crippen LogP contribution in [0.5, 0.6) is 0 Å². The number of nitro benzene ring substituents is 1. The average molecular weight is 403 g/mol. The van der Waals surface area contributed by atoms with Crippen LogP contribution < -0.4 is 10.2 Å². The Morgan fingerprint density at radius 1 is 1.39 bits per heavy atom. The molecule has 0 spiro atoms. The molecule has 0 unspecified atom stereocenters. The molecule has 1 N–H and O–H groups in total. The third kappa shape index (κ3) is 5.57. The number of ether oxygens (including phenoxy) is 1. The maximum absolute atomic E-state index is 12.8. The van der Waals surface area contributed by atoms with Crippen LogP contribution in [0.1, 0.15) is 31.7 Å². The lowest BCUT2D eigenvalue weighted by Crippen LogP contribution is -2.43. The third-order valence-corrected chi connectivity index (χ3v) is 4.85. The molecule has 0 bridgehead atoms. The minimum Gasteiger partial charge on any atom is -0.385 e. The number of nitrogens with zero attached hydrogens (tertiary/aromatic N) is 2. The van der Waals surface area contributed by atoms with Crippen molar-refractivity contribution < 1.29 is 27.6 Å². The van der Waals surface area contributed by atoms with E-state index in [0.717, 1.165) is 12.1 Å². The summed E-state index contributed by atoms with van der Waals surface area (Å²) >= 11 is 0. The molecule has 156 valence electrons. The van der Waals surface area contributed by atoms with E-state index in [2.05, 4.69) is 5.32 Å². The van der Waals surface area contributed by atoms with Gasteiger partial charge in [0, 0.05) is 44.8 Å². The Morgan fingerprint density at radius 2 is 2.04 bits per heavy atom. The highest BCUT2D eigenvalue weighted by atomic mass is 19.4. The van der Waals surface area contributed by atoms with Crippen LogP contribution in [0.15, 0.2) is 18.2 Å². The summed E-state index contributed by atoms with van der Waals surface area (Å²) in [6, 6.07) is 2.51. The van der Waals surface area contributed by atoms with Crippen molar-refractivity contribution in [2.45, 2.75) is 38.4 Å². The Morgan fingerprint density at radius 3 is 2.57 bits per heavy atom. The molecule has 1 heterocycles. The van der Waals surface area contributed by atoms with Crippen molar-refractivity contribution in [2.24, 2.45) is 5.92 Å². The zero-order valence-electron chi connectivity index (χ0n) is 15.8. The number of carbonyl (C=O) groups is 1. The molecule has 0 aliphatic carbocycles. The molecule has 0 saturated carbocycles. The number of methoxy groups -OCH3 is 1. The molecular formula is C18H24F3N3O4. The Balaban J connectivity index is 2.03. The summed E-state index contributed by atoms with van der Waals surface area (Å²) in [7, 11) is 1.59. The summed E-state index contributed by atoms with van der Waals surface area (Å²) in [5, 5.41) is 14.2. The van der Waals surface area contributed by atoms with E-state index < -0.39 is 22.4 Å². The monoisotopic (exact) mass is 403 g/mol. The van der Waals surface area contributed by atoms with Crippen molar-refractivity contribution in [1.82, 2.24) is 5.32 Å². The molecule has 10 heteroatoms. The second kappa shape index (κ2) is 9.22. The number of amides is 1. The lowest BCUT2D eigenvalue weighted by atomic mass is 9.94. The summed E-state index contributed by atoms with van der Waals surface area (Å²) in [5.41, 5.74) is -1.49. The van der Waals surface area contributed by atoms with E-state index in [-0.39, 0.29) is 23.6 Å². The molecule has 28 heavy (non-hydrogen) atoms. The number of halogens is 3. The highest BCUT2D eigenvalue weighted by Crippen LogP contribution is 2.37. The second-order valence-corrected chi connectivity index (χ2v) is 6.91. The van der Waals surface area contributed by atoms with E-state index in [1.807, 2.05) is 6.92 Å². The summed E-state index contributed by atoms with van der Waals surface area (Å²) in [4.78, 5) is 24.5. The van der Waals surface area contributed by atoms with Gasteiger partial charge in [0.1, 0.15) is 5.69 Å². The van der Waals surface area contributed by atoms with Crippen LogP contribution in [0.2, 0.25) is 0 Å². The van der Waals surface area contributed by atoms with E-state index in [0.29, 0.717) is 45.0 Å². The second-order valence-electron chi connectivity index (χ2n) is 6.91. The maximum Gasteiger partial charge on any atom is 0.416 e. The van der Waals surface area contributed by atoms with Crippen molar-refractivity contribution in [2.75, 3.05) is 31.7 Å². The van der Waals surface area contributed by atoms with Gasteiger partial charge < -0.3 is 15.0 Å². The predicted octanol–water partition coefficient (Wildman–Crippen LogP) is 3.37. The Bertz CT molecular complexity index is 704. The summed E-state index contributed by atoms with van der Waals surface area (Å²) < 4.78 is 43.5. The molecule has 1 atom stereocenters. The SMILES string of the molecule is COCC[C@H](C)NC(=O)C1CCN(c2ccc(C(F)(F)F)cc2[N+](=O)[O-])CC1. The first kappa shape index (κ1) is 21.9. The topological polar surface area (TPSA) is 84.7 Å². The van der Waals surface area contributed by atoms with Crippen molar-refractivity contribution in [1.29, 1.82) is 0 Å². The van der Waals surface area contributed by atoms with E-state index in [1.54, 1.807) is 12.0 Å². The molecular weight excluding hydrogens is 379 g/mol. The fourth-order valence-corrected chi connectivity index (χ4v) is 3.22. The molecule has 7 nitrogen and oxygen atoms in total. The zero-order valence-corrected chi connectivity index (χ0v) is 15.8. The van der Waals surface area contributed by atoms with E-state index in [9.17, 15) is 28.1 Å². The number of carbonyl (C=O) groups excluding carboxylic acids is 1. The number of anilines is 1. The number of rotatable bonds is 7. The van der Waals surface area contributed by atoms with Gasteiger partial charge in [-0.25, -0.2) is 0 Å². The molecule has 1 aromatic carbocycles. The molecule has 1 aromatic rings. The quantitative estimate of drug-likeness (QED) is 0.557. The number of piperidine rings is 1. The number of alkyl halides is 3. The van der Waals surface area contributed by atoms with E-state index in [1.165, 1.54) is 0 Å². The number of benzene rings is 1. The first-order valence-corrected chi connectivity index (χ1v) is 9.03. The number of nitrogens with one attached hydrogen (secondary N) is 1. The summed E-state index contributed by atoms with van der Waals surface area (Å²) in [5.74, 6) is -0.306. The van der Waals surface area contributed by atoms with Crippen LogP contribution in [0.3, 0.4) is 0 Å². The molecule has 0 radical (unpaired) electrons. The Hall–Kier alpha value is -2.36. The molecule has 2 rings (SSSR count). The first-order valence-electron chi connectivity index (χ1n) is 9.03.